The van der Waals surface area contributed by atoms with E-state index in [-0.39, 0.29) is 5.38 Å². The molecule has 0 aliphatic carbocycles. The molecule has 0 fully saturated rings. The zero-order valence-electron chi connectivity index (χ0n) is 9.21. The van der Waals surface area contributed by atoms with Gasteiger partial charge in [-0.25, -0.2) is 0 Å². The average Bonchev–Trinajstić information content (AvgIpc) is 2.63. The fourth-order valence-electron chi connectivity index (χ4n) is 1.61. The topological polar surface area (TPSA) is 0 Å². The molecule has 0 spiro atoms. The Balaban J connectivity index is 2.20. The first-order chi connectivity index (χ1) is 8.09. The first-order valence-electron chi connectivity index (χ1n) is 5.20. The van der Waals surface area contributed by atoms with Crippen molar-refractivity contribution in [1.29, 1.82) is 0 Å². The molecule has 0 bridgehead atoms. The molecule has 1 unspecified atom stereocenters. The van der Waals surface area contributed by atoms with Gasteiger partial charge >= 0.3 is 0 Å². The predicted octanol–water partition coefficient (Wildman–Crippen LogP) is 5.89. The van der Waals surface area contributed by atoms with Crippen LogP contribution in [0, 0.1) is 6.92 Å². The summed E-state index contributed by atoms with van der Waals surface area (Å²) < 4.78 is 0. The van der Waals surface area contributed by atoms with Crippen molar-refractivity contribution in [2.24, 2.45) is 0 Å². The summed E-state index contributed by atoms with van der Waals surface area (Å²) >= 11 is 20.3. The fraction of sp³-hybridized carbons (Fsp3) is 0.231. The Morgan fingerprint density at radius 2 is 1.94 bits per heavy atom. The minimum atomic E-state index is -0.124. The van der Waals surface area contributed by atoms with E-state index < -0.39 is 0 Å². The predicted molar refractivity (Wildman–Crippen MR) is 77.8 cm³/mol. The monoisotopic (exact) mass is 304 g/mol. The maximum Gasteiger partial charge on any atom is 0.0734 e. The van der Waals surface area contributed by atoms with Crippen molar-refractivity contribution in [2.45, 2.75) is 18.7 Å². The molecule has 0 radical (unpaired) electrons. The Hall–Kier alpha value is -0.210. The highest BCUT2D eigenvalue weighted by Gasteiger charge is 2.17. The van der Waals surface area contributed by atoms with Gasteiger partial charge in [0.25, 0.3) is 0 Å². The summed E-state index contributed by atoms with van der Waals surface area (Å²) in [6.07, 6.45) is 0.695. The molecule has 17 heavy (non-hydrogen) atoms. The third kappa shape index (κ3) is 2.97. The van der Waals surface area contributed by atoms with Gasteiger partial charge in [0.15, 0.2) is 0 Å². The van der Waals surface area contributed by atoms with Crippen LogP contribution in [0.2, 0.25) is 10.0 Å². The quantitative estimate of drug-likeness (QED) is 0.621. The lowest BCUT2D eigenvalue weighted by Crippen LogP contribution is -1.95. The normalized spacial score (nSPS) is 12.7. The Bertz CT molecular complexity index is 519. The molecule has 1 aromatic carbocycles. The van der Waals surface area contributed by atoms with Gasteiger partial charge in [0.2, 0.25) is 0 Å². The third-order valence-electron chi connectivity index (χ3n) is 2.57. The molecule has 0 saturated heterocycles. The van der Waals surface area contributed by atoms with Gasteiger partial charge in [-0.15, -0.1) is 22.9 Å². The van der Waals surface area contributed by atoms with Crippen molar-refractivity contribution in [2.75, 3.05) is 0 Å². The molecule has 1 heterocycles. The van der Waals surface area contributed by atoms with Gasteiger partial charge in [-0.1, -0.05) is 41.4 Å². The number of hydrogen-bond acceptors (Lipinski definition) is 1. The summed E-state index contributed by atoms with van der Waals surface area (Å²) in [6.45, 7) is 1.99. The highest BCUT2D eigenvalue weighted by Crippen LogP contribution is 2.38. The number of benzene rings is 1. The van der Waals surface area contributed by atoms with Crippen LogP contribution in [0.5, 0.6) is 0 Å². The minimum absolute atomic E-state index is 0.124. The van der Waals surface area contributed by atoms with Crippen LogP contribution in [0.15, 0.2) is 29.6 Å². The van der Waals surface area contributed by atoms with E-state index in [1.165, 1.54) is 0 Å². The number of rotatable bonds is 3. The standard InChI is InChI=1S/C13H11Cl3S/c1-8-7-17-13(12(8)16)11(15)6-9-4-2-3-5-10(9)14/h2-5,7,11H,6H2,1H3. The van der Waals surface area contributed by atoms with Gasteiger partial charge in [0.1, 0.15) is 0 Å². The lowest BCUT2D eigenvalue weighted by molar-refractivity contribution is 0.939. The van der Waals surface area contributed by atoms with Gasteiger partial charge in [0.05, 0.1) is 10.4 Å². The van der Waals surface area contributed by atoms with Gasteiger partial charge in [0, 0.05) is 9.90 Å². The van der Waals surface area contributed by atoms with E-state index >= 15 is 0 Å². The van der Waals surface area contributed by atoms with Crippen molar-refractivity contribution >= 4 is 46.1 Å². The molecule has 0 N–H and O–H groups in total. The Labute approximate surface area is 120 Å². The third-order valence-corrected chi connectivity index (χ3v) is 5.27. The summed E-state index contributed by atoms with van der Waals surface area (Å²) in [5.74, 6) is 0. The average molecular weight is 306 g/mol. The number of aryl methyl sites for hydroxylation is 1. The largest absolute Gasteiger partial charge is 0.145 e. The van der Waals surface area contributed by atoms with E-state index in [1.54, 1.807) is 11.3 Å². The second-order valence-corrected chi connectivity index (χ2v) is 6.08. The molecule has 0 amide bonds. The minimum Gasteiger partial charge on any atom is -0.145 e. The molecule has 0 saturated carbocycles. The van der Waals surface area contributed by atoms with Crippen LogP contribution in [0.1, 0.15) is 21.4 Å². The molecule has 2 aromatic rings. The highest BCUT2D eigenvalue weighted by atomic mass is 35.5. The molecule has 1 atom stereocenters. The Kier molecular flexibility index (Phi) is 4.37. The van der Waals surface area contributed by atoms with Crippen LogP contribution in [0.25, 0.3) is 0 Å². The van der Waals surface area contributed by atoms with E-state index in [1.807, 2.05) is 36.6 Å². The molecular weight excluding hydrogens is 295 g/mol. The summed E-state index contributed by atoms with van der Waals surface area (Å²) in [4.78, 5) is 1.02. The lowest BCUT2D eigenvalue weighted by atomic mass is 10.1. The summed E-state index contributed by atoms with van der Waals surface area (Å²) in [6, 6.07) is 7.75. The van der Waals surface area contributed by atoms with Crippen LogP contribution in [-0.4, -0.2) is 0 Å². The molecule has 1 aromatic heterocycles. The lowest BCUT2D eigenvalue weighted by Gasteiger charge is -2.09. The Morgan fingerprint density at radius 3 is 2.53 bits per heavy atom. The van der Waals surface area contributed by atoms with Crippen LogP contribution in [-0.2, 0) is 6.42 Å². The van der Waals surface area contributed by atoms with E-state index in [0.29, 0.717) is 6.42 Å². The second-order valence-electron chi connectivity index (χ2n) is 3.86. The molecule has 2 rings (SSSR count). The highest BCUT2D eigenvalue weighted by molar-refractivity contribution is 7.11. The molecule has 90 valence electrons. The zero-order chi connectivity index (χ0) is 12.4. The number of thiophene rings is 1. The van der Waals surface area contributed by atoms with Crippen LogP contribution < -0.4 is 0 Å². The fourth-order valence-corrected chi connectivity index (χ4v) is 3.61. The first-order valence-corrected chi connectivity index (χ1v) is 7.27. The maximum atomic E-state index is 6.40. The second kappa shape index (κ2) is 5.62. The molecular formula is C13H11Cl3S. The number of hydrogen-bond donors (Lipinski definition) is 0. The van der Waals surface area contributed by atoms with E-state index in [0.717, 1.165) is 26.0 Å². The number of alkyl halides is 1. The van der Waals surface area contributed by atoms with Crippen molar-refractivity contribution in [3.05, 3.63) is 55.7 Å². The molecule has 0 nitrogen and oxygen atoms in total. The van der Waals surface area contributed by atoms with Crippen molar-refractivity contribution in [3.8, 4) is 0 Å². The summed E-state index contributed by atoms with van der Waals surface area (Å²) in [7, 11) is 0. The van der Waals surface area contributed by atoms with Crippen LogP contribution in [0.3, 0.4) is 0 Å². The van der Waals surface area contributed by atoms with E-state index in [2.05, 4.69) is 0 Å². The maximum absolute atomic E-state index is 6.40. The summed E-state index contributed by atoms with van der Waals surface area (Å²) in [5.41, 5.74) is 2.13. The SMILES string of the molecule is Cc1csc(C(Cl)Cc2ccccc2Cl)c1Cl. The smallest absolute Gasteiger partial charge is 0.0734 e. The molecule has 0 aliphatic rings. The van der Waals surface area contributed by atoms with Gasteiger partial charge in [-0.3, -0.25) is 0 Å². The van der Waals surface area contributed by atoms with Gasteiger partial charge in [-0.2, -0.15) is 0 Å². The van der Waals surface area contributed by atoms with Gasteiger partial charge in [-0.05, 0) is 35.9 Å². The van der Waals surface area contributed by atoms with E-state index in [9.17, 15) is 0 Å². The van der Waals surface area contributed by atoms with Crippen LogP contribution in [0.4, 0.5) is 0 Å². The number of halogens is 3. The Morgan fingerprint density at radius 1 is 1.24 bits per heavy atom. The van der Waals surface area contributed by atoms with Gasteiger partial charge < -0.3 is 0 Å². The molecule has 0 aliphatic heterocycles. The van der Waals surface area contributed by atoms with Crippen molar-refractivity contribution < 1.29 is 0 Å². The van der Waals surface area contributed by atoms with Crippen LogP contribution >= 0.6 is 46.1 Å². The van der Waals surface area contributed by atoms with Crippen molar-refractivity contribution in [3.63, 3.8) is 0 Å². The first kappa shape index (κ1) is 13.2. The molecule has 4 heteroatoms. The van der Waals surface area contributed by atoms with Crippen molar-refractivity contribution in [1.82, 2.24) is 0 Å². The summed E-state index contributed by atoms with van der Waals surface area (Å²) in [5, 5.41) is 3.44. The van der Waals surface area contributed by atoms with E-state index in [4.69, 9.17) is 34.8 Å². The zero-order valence-corrected chi connectivity index (χ0v) is 12.3.